The zero-order chi connectivity index (χ0) is 34.0. The van der Waals surface area contributed by atoms with E-state index < -0.39 is 6.10 Å². The number of aryl methyl sites for hydroxylation is 1. The molecule has 2 aliphatic heterocycles. The number of aromatic hydroxyl groups is 1. The maximum atomic E-state index is 10.7. The van der Waals surface area contributed by atoms with Crippen LogP contribution in [0.4, 0.5) is 0 Å². The molecule has 4 aliphatic rings. The van der Waals surface area contributed by atoms with E-state index in [-0.39, 0.29) is 30.5 Å². The number of hydrogen-bond acceptors (Lipinski definition) is 8. The molecule has 0 radical (unpaired) electrons. The van der Waals surface area contributed by atoms with Gasteiger partial charge >= 0.3 is 0 Å². The number of likely N-dealkylation sites (N-methyl/N-ethyl adjacent to an activating group) is 2. The van der Waals surface area contributed by atoms with E-state index in [9.17, 15) is 15.3 Å². The number of nitrogens with zero attached hydrogens (tertiary/aromatic N) is 1. The minimum absolute atomic E-state index is 0.0604. The van der Waals surface area contributed by atoms with Crippen molar-refractivity contribution in [2.24, 2.45) is 22.7 Å². The molecule has 9 heteroatoms. The average Bonchev–Trinajstić information content (AvgIpc) is 3.81. The van der Waals surface area contributed by atoms with E-state index in [1.807, 2.05) is 26.1 Å². The normalized spacial score (nSPS) is 25.6. The van der Waals surface area contributed by atoms with Crippen molar-refractivity contribution < 1.29 is 24.8 Å². The van der Waals surface area contributed by atoms with Crippen molar-refractivity contribution in [2.75, 3.05) is 39.9 Å². The first kappa shape index (κ1) is 36.7. The van der Waals surface area contributed by atoms with Crippen molar-refractivity contribution in [1.29, 1.82) is 0 Å². The van der Waals surface area contributed by atoms with Crippen molar-refractivity contribution in [3.8, 4) is 11.5 Å². The first-order valence-electron chi connectivity index (χ1n) is 18.6. The van der Waals surface area contributed by atoms with Gasteiger partial charge in [-0.3, -0.25) is 5.32 Å². The SMILES string of the molecule is CCCCC1[OH+][C-](CCc2ccc(O)c(OCC(NCC)C3=C[C+]4C(=N3)CCC3CCCC3C4C(CNC)NCC(C)O)c2)C=C1CO. The molecule has 266 valence electrons. The Bertz CT molecular complexity index is 1260. The smallest absolute Gasteiger partial charge is 0.196 e. The highest BCUT2D eigenvalue weighted by molar-refractivity contribution is 6.03. The second-order valence-corrected chi connectivity index (χ2v) is 14.3. The second kappa shape index (κ2) is 17.9. The summed E-state index contributed by atoms with van der Waals surface area (Å²) in [7, 11) is 2.01. The number of aliphatic hydroxyl groups excluding tert-OH is 2. The molecule has 7 N–H and O–H groups in total. The number of benzene rings is 1. The third kappa shape index (κ3) is 9.17. The monoisotopic (exact) mass is 665 g/mol. The standard InChI is InChI=1S/C39H60N4O5/c1-5-7-11-37-28(23-44)19-29(48-37)15-12-26-13-17-36(46)38(18-26)47-24-35(41-6-2)33-20-31-32(43-33)16-14-27-9-8-10-30(27)39(31)34(22-40-4)42-21-25(3)45/h13,17-20,25,27,30,34-35,37,39-42,44-45,48H,5-12,14-16,21-24H2,1-4H3/p+1. The van der Waals surface area contributed by atoms with E-state index in [2.05, 4.69) is 41.9 Å². The molecule has 0 spiro atoms. The summed E-state index contributed by atoms with van der Waals surface area (Å²) < 4.78 is 11.2. The number of fused-ring (bicyclic) bond motifs is 2. The van der Waals surface area contributed by atoms with E-state index in [4.69, 9.17) is 14.5 Å². The molecule has 2 saturated carbocycles. The summed E-state index contributed by atoms with van der Waals surface area (Å²) in [6, 6.07) is 5.70. The van der Waals surface area contributed by atoms with Crippen LogP contribution in [0.5, 0.6) is 11.5 Å². The minimum Gasteiger partial charge on any atom is -0.504 e. The molecule has 2 aliphatic carbocycles. The van der Waals surface area contributed by atoms with Crippen LogP contribution >= 0.6 is 0 Å². The predicted octanol–water partition coefficient (Wildman–Crippen LogP) is 4.53. The summed E-state index contributed by atoms with van der Waals surface area (Å²) in [5.74, 6) is 3.63. The average molecular weight is 666 g/mol. The van der Waals surface area contributed by atoms with Crippen molar-refractivity contribution in [1.82, 2.24) is 16.0 Å². The van der Waals surface area contributed by atoms with Gasteiger partial charge in [0.1, 0.15) is 30.4 Å². The highest BCUT2D eigenvalue weighted by atomic mass is 16.5. The van der Waals surface area contributed by atoms with Crippen LogP contribution in [0, 0.1) is 29.8 Å². The summed E-state index contributed by atoms with van der Waals surface area (Å²) in [5.41, 5.74) is 4.31. The van der Waals surface area contributed by atoms with Crippen molar-refractivity contribution in [3.63, 3.8) is 0 Å². The van der Waals surface area contributed by atoms with Gasteiger partial charge < -0.3 is 35.4 Å². The number of aliphatic imine (C=N–C) groups is 1. The zero-order valence-corrected chi connectivity index (χ0v) is 29.7. The number of allylic oxidation sites excluding steroid dienone is 1. The van der Waals surface area contributed by atoms with Gasteiger partial charge in [0.05, 0.1) is 18.1 Å². The molecule has 9 nitrogen and oxygen atoms in total. The van der Waals surface area contributed by atoms with Crippen LogP contribution in [-0.4, -0.2) is 90.0 Å². The quantitative estimate of drug-likeness (QED) is 0.0946. The van der Waals surface area contributed by atoms with Crippen LogP contribution in [0.15, 0.2) is 46.6 Å². The van der Waals surface area contributed by atoms with Gasteiger partial charge in [0.25, 0.3) is 0 Å². The Morgan fingerprint density at radius 1 is 1.17 bits per heavy atom. The molecule has 0 aromatic heterocycles. The molecule has 2 heterocycles. The molecule has 0 amide bonds. The fourth-order valence-electron chi connectivity index (χ4n) is 8.33. The Kier molecular flexibility index (Phi) is 13.7. The Labute approximate surface area is 288 Å². The predicted molar refractivity (Wildman–Crippen MR) is 193 cm³/mol. The number of nitrogens with one attached hydrogen (secondary N) is 3. The molecule has 7 atom stereocenters. The van der Waals surface area contributed by atoms with Crippen LogP contribution in [0.25, 0.3) is 0 Å². The molecule has 7 unspecified atom stereocenters. The molecule has 0 bridgehead atoms. The molecular weight excluding hydrogens is 604 g/mol. The number of aliphatic hydroxyl groups is 4. The van der Waals surface area contributed by atoms with Crippen molar-refractivity contribution in [3.05, 3.63) is 59.2 Å². The molecule has 0 saturated heterocycles. The summed E-state index contributed by atoms with van der Waals surface area (Å²) in [6.45, 7) is 8.71. The van der Waals surface area contributed by atoms with E-state index in [1.165, 1.54) is 37.3 Å². The maximum absolute atomic E-state index is 10.7. The third-order valence-corrected chi connectivity index (χ3v) is 10.7. The van der Waals surface area contributed by atoms with Gasteiger partial charge in [-0.15, -0.1) is 16.6 Å². The minimum atomic E-state index is -0.400. The first-order valence-corrected chi connectivity index (χ1v) is 18.6. The number of phenolic OH excluding ortho intramolecular Hbond substituents is 1. The van der Waals surface area contributed by atoms with Gasteiger partial charge in [-0.25, -0.2) is 0 Å². The lowest BCUT2D eigenvalue weighted by atomic mass is 9.72. The highest BCUT2D eigenvalue weighted by Crippen LogP contribution is 2.49. The van der Waals surface area contributed by atoms with Crippen LogP contribution in [-0.2, 0) is 6.42 Å². The molecule has 1 aromatic carbocycles. The van der Waals surface area contributed by atoms with Gasteiger partial charge in [-0.05, 0) is 82.2 Å². The molecule has 48 heavy (non-hydrogen) atoms. The third-order valence-electron chi connectivity index (χ3n) is 10.7. The first-order chi connectivity index (χ1) is 23.3. The second-order valence-electron chi connectivity index (χ2n) is 14.3. The Morgan fingerprint density at radius 2 is 2.02 bits per heavy atom. The van der Waals surface area contributed by atoms with E-state index in [0.29, 0.717) is 30.7 Å². The lowest BCUT2D eigenvalue weighted by Gasteiger charge is -2.33. The van der Waals surface area contributed by atoms with Gasteiger partial charge in [0, 0.05) is 38.6 Å². The van der Waals surface area contributed by atoms with Crippen molar-refractivity contribution in [2.45, 2.75) is 109 Å². The number of unbranched alkanes of at least 4 members (excludes halogenated alkanes) is 1. The van der Waals surface area contributed by atoms with Crippen molar-refractivity contribution >= 4 is 5.71 Å². The largest absolute Gasteiger partial charge is 0.504 e. The fourth-order valence-corrected chi connectivity index (χ4v) is 8.33. The number of phenols is 1. The lowest BCUT2D eigenvalue weighted by Crippen LogP contribution is -2.50. The maximum Gasteiger partial charge on any atom is 0.196 e. The topological polar surface area (TPSA) is 131 Å². The van der Waals surface area contributed by atoms with Gasteiger partial charge in [0.15, 0.2) is 23.2 Å². The number of hydrogen-bond donors (Lipinski definition) is 6. The van der Waals surface area contributed by atoms with E-state index >= 15 is 0 Å². The highest BCUT2D eigenvalue weighted by Gasteiger charge is 2.52. The fraction of sp³-hybridized carbons (Fsp3) is 0.667. The van der Waals surface area contributed by atoms with Crippen LogP contribution in [0.3, 0.4) is 0 Å². The van der Waals surface area contributed by atoms with Gasteiger partial charge in [0.2, 0.25) is 0 Å². The van der Waals surface area contributed by atoms with Crippen LogP contribution in [0.1, 0.15) is 84.1 Å². The molecular formula is C39H61N4O5+. The summed E-state index contributed by atoms with van der Waals surface area (Å²) in [5, 5.41) is 41.4. The van der Waals surface area contributed by atoms with E-state index in [1.54, 1.807) is 6.07 Å². The van der Waals surface area contributed by atoms with Gasteiger partial charge in [-0.2, -0.15) is 0 Å². The lowest BCUT2D eigenvalue weighted by molar-refractivity contribution is -0.0550. The number of ether oxygens (including phenoxy) is 2. The molecule has 1 aromatic rings. The van der Waals surface area contributed by atoms with E-state index in [0.717, 1.165) is 80.5 Å². The summed E-state index contributed by atoms with van der Waals surface area (Å²) in [4.78, 5) is 5.27. The Morgan fingerprint density at radius 3 is 2.77 bits per heavy atom. The molecule has 5 rings (SSSR count). The van der Waals surface area contributed by atoms with Crippen LogP contribution in [0.2, 0.25) is 0 Å². The number of rotatable bonds is 19. The zero-order valence-electron chi connectivity index (χ0n) is 29.7. The Balaban J connectivity index is 1.27. The Hall–Kier alpha value is -2.53. The van der Waals surface area contributed by atoms with Crippen LogP contribution < -0.4 is 20.7 Å². The summed E-state index contributed by atoms with van der Waals surface area (Å²) >= 11 is 0. The van der Waals surface area contributed by atoms with Gasteiger partial charge in [-0.1, -0.05) is 39.2 Å². The molecule has 2 fully saturated rings. The summed E-state index contributed by atoms with van der Waals surface area (Å²) in [6.07, 6.45) is 15.9.